The second-order valence-electron chi connectivity index (χ2n) is 3.12. The molecule has 0 fully saturated rings. The molecule has 1 N–H and O–H groups in total. The van der Waals surface area contributed by atoms with Gasteiger partial charge in [-0.3, -0.25) is 0 Å². The van der Waals surface area contributed by atoms with Gasteiger partial charge in [0.15, 0.2) is 11.4 Å². The molecule has 0 bridgehead atoms. The van der Waals surface area contributed by atoms with Crippen molar-refractivity contribution < 1.29 is 14.6 Å². The minimum atomic E-state index is -1.10. The van der Waals surface area contributed by atoms with Crippen molar-refractivity contribution in [3.05, 3.63) is 24.0 Å². The molecule has 1 heterocycles. The van der Waals surface area contributed by atoms with Crippen molar-refractivity contribution in [3.63, 3.8) is 0 Å². The summed E-state index contributed by atoms with van der Waals surface area (Å²) in [6.07, 6.45) is 3.37. The summed E-state index contributed by atoms with van der Waals surface area (Å²) in [6, 6.07) is 5.23. The molecule has 0 saturated carbocycles. The van der Waals surface area contributed by atoms with Crippen LogP contribution in [0.25, 0.3) is 0 Å². The molecule has 0 amide bonds. The van der Waals surface area contributed by atoms with Gasteiger partial charge in [0.2, 0.25) is 0 Å². The predicted molar refractivity (Wildman–Crippen MR) is 56.2 cm³/mol. The standard InChI is InChI=1S/C11H12N2O3/c12-6-2-1-3-8-16-9-5-4-7-13-10(9)11(14)15/h4-5,7H,1-3,8H2,(H,14,15). The Morgan fingerprint density at radius 3 is 3.06 bits per heavy atom. The van der Waals surface area contributed by atoms with Crippen LogP contribution in [-0.4, -0.2) is 22.7 Å². The van der Waals surface area contributed by atoms with Gasteiger partial charge in [0, 0.05) is 12.6 Å². The van der Waals surface area contributed by atoms with E-state index in [-0.39, 0.29) is 11.4 Å². The van der Waals surface area contributed by atoms with Crippen LogP contribution < -0.4 is 4.74 Å². The Morgan fingerprint density at radius 1 is 1.56 bits per heavy atom. The van der Waals surface area contributed by atoms with Gasteiger partial charge in [-0.05, 0) is 25.0 Å². The molecule has 0 spiro atoms. The monoisotopic (exact) mass is 220 g/mol. The maximum absolute atomic E-state index is 10.8. The highest BCUT2D eigenvalue weighted by atomic mass is 16.5. The molecule has 0 unspecified atom stereocenters. The number of rotatable bonds is 6. The number of carboxylic acids is 1. The molecule has 0 aliphatic carbocycles. The third kappa shape index (κ3) is 3.58. The molecule has 5 heteroatoms. The summed E-state index contributed by atoms with van der Waals surface area (Å²) in [6.45, 7) is 0.396. The number of carbonyl (C=O) groups is 1. The summed E-state index contributed by atoms with van der Waals surface area (Å²) in [5.74, 6) is -0.834. The Bertz CT molecular complexity index is 398. The molecule has 1 aromatic rings. The quantitative estimate of drug-likeness (QED) is 0.739. The molecule has 0 aliphatic heterocycles. The van der Waals surface area contributed by atoms with E-state index in [1.165, 1.54) is 6.20 Å². The summed E-state index contributed by atoms with van der Waals surface area (Å²) >= 11 is 0. The molecule has 0 atom stereocenters. The smallest absolute Gasteiger partial charge is 0.358 e. The lowest BCUT2D eigenvalue weighted by molar-refractivity contribution is 0.0685. The van der Waals surface area contributed by atoms with E-state index in [4.69, 9.17) is 15.1 Å². The van der Waals surface area contributed by atoms with Gasteiger partial charge in [-0.1, -0.05) is 0 Å². The Morgan fingerprint density at radius 2 is 2.38 bits per heavy atom. The summed E-state index contributed by atoms with van der Waals surface area (Å²) in [5, 5.41) is 17.1. The van der Waals surface area contributed by atoms with Gasteiger partial charge in [-0.25, -0.2) is 9.78 Å². The first-order chi connectivity index (χ1) is 7.75. The molecule has 0 aromatic carbocycles. The predicted octanol–water partition coefficient (Wildman–Crippen LogP) is 1.85. The average Bonchev–Trinajstić information content (AvgIpc) is 2.29. The summed E-state index contributed by atoms with van der Waals surface area (Å²) < 4.78 is 5.29. The maximum Gasteiger partial charge on any atom is 0.358 e. The van der Waals surface area contributed by atoms with Crippen LogP contribution in [0.2, 0.25) is 0 Å². The molecule has 0 radical (unpaired) electrons. The normalized spacial score (nSPS) is 9.44. The van der Waals surface area contributed by atoms with Crippen molar-refractivity contribution in [2.45, 2.75) is 19.3 Å². The average molecular weight is 220 g/mol. The number of ether oxygens (including phenoxy) is 1. The van der Waals surface area contributed by atoms with Crippen molar-refractivity contribution in [1.29, 1.82) is 5.26 Å². The number of unbranched alkanes of at least 4 members (excludes halogenated alkanes) is 2. The van der Waals surface area contributed by atoms with E-state index in [0.29, 0.717) is 13.0 Å². The van der Waals surface area contributed by atoms with E-state index in [2.05, 4.69) is 4.98 Å². The van der Waals surface area contributed by atoms with Crippen LogP contribution in [0.3, 0.4) is 0 Å². The van der Waals surface area contributed by atoms with Gasteiger partial charge < -0.3 is 9.84 Å². The lowest BCUT2D eigenvalue weighted by atomic mass is 10.2. The molecular weight excluding hydrogens is 208 g/mol. The minimum absolute atomic E-state index is 0.0808. The van der Waals surface area contributed by atoms with E-state index >= 15 is 0 Å². The van der Waals surface area contributed by atoms with Crippen molar-refractivity contribution in [2.75, 3.05) is 6.61 Å². The van der Waals surface area contributed by atoms with E-state index in [1.807, 2.05) is 6.07 Å². The molecule has 0 aliphatic rings. The first-order valence-electron chi connectivity index (χ1n) is 4.93. The number of aromatic nitrogens is 1. The lowest BCUT2D eigenvalue weighted by Gasteiger charge is -2.06. The first-order valence-corrected chi connectivity index (χ1v) is 4.93. The molecule has 1 rings (SSSR count). The van der Waals surface area contributed by atoms with Crippen LogP contribution in [-0.2, 0) is 0 Å². The van der Waals surface area contributed by atoms with Crippen molar-refractivity contribution in [1.82, 2.24) is 4.98 Å². The summed E-state index contributed by atoms with van der Waals surface area (Å²) in [5.41, 5.74) is -0.0808. The van der Waals surface area contributed by atoms with Crippen LogP contribution in [0.15, 0.2) is 18.3 Å². The highest BCUT2D eigenvalue weighted by Gasteiger charge is 2.11. The van der Waals surface area contributed by atoms with Crippen molar-refractivity contribution in [2.24, 2.45) is 0 Å². The molecular formula is C11H12N2O3. The molecule has 5 nitrogen and oxygen atoms in total. The Labute approximate surface area is 93.3 Å². The number of carboxylic acid groups (broad SMARTS) is 1. The second-order valence-corrected chi connectivity index (χ2v) is 3.12. The van der Waals surface area contributed by atoms with E-state index in [0.717, 1.165) is 12.8 Å². The van der Waals surface area contributed by atoms with Crippen LogP contribution in [0, 0.1) is 11.3 Å². The Kier molecular flexibility index (Phi) is 4.80. The molecule has 84 valence electrons. The number of aromatic carboxylic acids is 1. The zero-order valence-corrected chi connectivity index (χ0v) is 8.72. The van der Waals surface area contributed by atoms with Crippen LogP contribution in [0.4, 0.5) is 0 Å². The summed E-state index contributed by atoms with van der Waals surface area (Å²) in [7, 11) is 0. The fraction of sp³-hybridized carbons (Fsp3) is 0.364. The second kappa shape index (κ2) is 6.40. The minimum Gasteiger partial charge on any atom is -0.491 e. The number of hydrogen-bond donors (Lipinski definition) is 1. The number of hydrogen-bond acceptors (Lipinski definition) is 4. The van der Waals surface area contributed by atoms with Gasteiger partial charge in [0.05, 0.1) is 12.7 Å². The topological polar surface area (TPSA) is 83.2 Å². The molecule has 1 aromatic heterocycles. The Balaban J connectivity index is 2.47. The zero-order valence-electron chi connectivity index (χ0n) is 8.72. The van der Waals surface area contributed by atoms with E-state index in [9.17, 15) is 4.79 Å². The maximum atomic E-state index is 10.8. The van der Waals surface area contributed by atoms with Gasteiger partial charge >= 0.3 is 5.97 Å². The van der Waals surface area contributed by atoms with Gasteiger partial charge in [0.1, 0.15) is 0 Å². The Hall–Kier alpha value is -2.09. The van der Waals surface area contributed by atoms with Crippen LogP contribution >= 0.6 is 0 Å². The van der Waals surface area contributed by atoms with Gasteiger partial charge in [-0.2, -0.15) is 5.26 Å². The largest absolute Gasteiger partial charge is 0.491 e. The van der Waals surface area contributed by atoms with Gasteiger partial charge in [0.25, 0.3) is 0 Å². The highest BCUT2D eigenvalue weighted by Crippen LogP contribution is 2.15. The van der Waals surface area contributed by atoms with Crippen LogP contribution in [0.1, 0.15) is 29.8 Å². The highest BCUT2D eigenvalue weighted by molar-refractivity contribution is 5.88. The van der Waals surface area contributed by atoms with Gasteiger partial charge in [-0.15, -0.1) is 0 Å². The number of pyridine rings is 1. The van der Waals surface area contributed by atoms with Crippen LogP contribution in [0.5, 0.6) is 5.75 Å². The van der Waals surface area contributed by atoms with Crippen molar-refractivity contribution >= 4 is 5.97 Å². The number of nitriles is 1. The summed E-state index contributed by atoms with van der Waals surface area (Å²) in [4.78, 5) is 14.5. The number of nitrogens with zero attached hydrogens (tertiary/aromatic N) is 2. The molecule has 16 heavy (non-hydrogen) atoms. The molecule has 0 saturated heterocycles. The van der Waals surface area contributed by atoms with E-state index in [1.54, 1.807) is 12.1 Å². The first kappa shape index (κ1) is 12.0. The SMILES string of the molecule is N#CCCCCOc1cccnc1C(=O)O. The van der Waals surface area contributed by atoms with E-state index < -0.39 is 5.97 Å². The fourth-order valence-corrected chi connectivity index (χ4v) is 1.16. The zero-order chi connectivity index (χ0) is 11.8. The lowest BCUT2D eigenvalue weighted by Crippen LogP contribution is -2.06. The third-order valence-corrected chi connectivity index (χ3v) is 1.91. The fourth-order valence-electron chi connectivity index (χ4n) is 1.16. The van der Waals surface area contributed by atoms with Crippen molar-refractivity contribution in [3.8, 4) is 11.8 Å². The third-order valence-electron chi connectivity index (χ3n) is 1.91.